The highest BCUT2D eigenvalue weighted by Gasteiger charge is 2.29. The summed E-state index contributed by atoms with van der Waals surface area (Å²) < 4.78 is 5.53. The maximum absolute atomic E-state index is 5.18. The first-order valence-corrected chi connectivity index (χ1v) is 8.53. The molecule has 2 rings (SSSR count). The smallest absolute Gasteiger partial charge is 0.191 e. The zero-order valence-corrected chi connectivity index (χ0v) is 14.3. The van der Waals surface area contributed by atoms with Gasteiger partial charge in [-0.3, -0.25) is 4.99 Å². The lowest BCUT2D eigenvalue weighted by Gasteiger charge is -2.24. The van der Waals surface area contributed by atoms with Crippen molar-refractivity contribution in [2.24, 2.45) is 4.99 Å². The minimum Gasteiger partial charge on any atom is -0.361 e. The van der Waals surface area contributed by atoms with Crippen LogP contribution in [0.15, 0.2) is 9.52 Å². The fraction of sp³-hybridized carbons (Fsp3) is 0.733. The van der Waals surface area contributed by atoms with Crippen molar-refractivity contribution in [1.29, 1.82) is 0 Å². The molecule has 1 unspecified atom stereocenters. The van der Waals surface area contributed by atoms with Gasteiger partial charge in [0.05, 0.1) is 5.69 Å². The van der Waals surface area contributed by atoms with Crippen LogP contribution < -0.4 is 10.6 Å². The third kappa shape index (κ3) is 4.40. The van der Waals surface area contributed by atoms with Crippen molar-refractivity contribution in [1.82, 2.24) is 15.8 Å². The Kier molecular flexibility index (Phi) is 5.56. The SMILES string of the molecule is CN=C(NCCc1c(C)noc1C)NCC1(C)CCCS1. The van der Waals surface area contributed by atoms with Gasteiger partial charge in [-0.1, -0.05) is 5.16 Å². The molecule has 1 aliphatic rings. The van der Waals surface area contributed by atoms with Crippen molar-refractivity contribution in [2.75, 3.05) is 25.9 Å². The highest BCUT2D eigenvalue weighted by Crippen LogP contribution is 2.36. The Morgan fingerprint density at radius 1 is 1.43 bits per heavy atom. The van der Waals surface area contributed by atoms with Crippen LogP contribution in [0.1, 0.15) is 36.8 Å². The molecule has 2 heterocycles. The molecule has 0 amide bonds. The zero-order valence-electron chi connectivity index (χ0n) is 13.5. The molecule has 0 saturated carbocycles. The van der Waals surface area contributed by atoms with Crippen molar-refractivity contribution >= 4 is 17.7 Å². The van der Waals surface area contributed by atoms with E-state index in [1.807, 2.05) is 20.9 Å². The summed E-state index contributed by atoms with van der Waals surface area (Å²) in [6.45, 7) is 8.06. The van der Waals surface area contributed by atoms with Crippen LogP contribution in [-0.4, -0.2) is 41.8 Å². The minimum atomic E-state index is 0.347. The van der Waals surface area contributed by atoms with E-state index in [0.29, 0.717) is 4.75 Å². The van der Waals surface area contributed by atoms with E-state index >= 15 is 0 Å². The largest absolute Gasteiger partial charge is 0.361 e. The molecule has 5 nitrogen and oxygen atoms in total. The molecular weight excluding hydrogens is 284 g/mol. The van der Waals surface area contributed by atoms with Gasteiger partial charge in [-0.2, -0.15) is 11.8 Å². The molecule has 1 aromatic heterocycles. The number of aromatic nitrogens is 1. The Morgan fingerprint density at radius 2 is 2.24 bits per heavy atom. The molecule has 2 N–H and O–H groups in total. The topological polar surface area (TPSA) is 62.5 Å². The highest BCUT2D eigenvalue weighted by atomic mass is 32.2. The second-order valence-electron chi connectivity index (χ2n) is 5.81. The van der Waals surface area contributed by atoms with Gasteiger partial charge in [0.2, 0.25) is 0 Å². The molecule has 0 aliphatic carbocycles. The van der Waals surface area contributed by atoms with E-state index in [1.54, 1.807) is 0 Å². The quantitative estimate of drug-likeness (QED) is 0.645. The van der Waals surface area contributed by atoms with Crippen molar-refractivity contribution in [3.05, 3.63) is 17.0 Å². The van der Waals surface area contributed by atoms with E-state index in [2.05, 4.69) is 39.5 Å². The molecule has 1 fully saturated rings. The van der Waals surface area contributed by atoms with Crippen LogP contribution in [0.25, 0.3) is 0 Å². The van der Waals surface area contributed by atoms with Gasteiger partial charge < -0.3 is 15.2 Å². The van der Waals surface area contributed by atoms with Gasteiger partial charge in [-0.15, -0.1) is 0 Å². The summed E-state index contributed by atoms with van der Waals surface area (Å²) in [7, 11) is 1.81. The summed E-state index contributed by atoms with van der Waals surface area (Å²) in [6, 6.07) is 0. The van der Waals surface area contributed by atoms with Gasteiger partial charge in [-0.05, 0) is 45.8 Å². The van der Waals surface area contributed by atoms with Crippen molar-refractivity contribution < 1.29 is 4.52 Å². The lowest BCUT2D eigenvalue weighted by molar-refractivity contribution is 0.392. The summed E-state index contributed by atoms with van der Waals surface area (Å²) in [5, 5.41) is 10.8. The summed E-state index contributed by atoms with van der Waals surface area (Å²) in [4.78, 5) is 4.29. The number of thioether (sulfide) groups is 1. The van der Waals surface area contributed by atoms with Crippen LogP contribution in [0.3, 0.4) is 0 Å². The van der Waals surface area contributed by atoms with Gasteiger partial charge in [-0.25, -0.2) is 0 Å². The third-order valence-corrected chi connectivity index (χ3v) is 5.54. The van der Waals surface area contributed by atoms with E-state index in [0.717, 1.165) is 36.9 Å². The van der Waals surface area contributed by atoms with E-state index in [1.165, 1.54) is 24.2 Å². The molecule has 1 atom stereocenters. The van der Waals surface area contributed by atoms with Crippen LogP contribution in [-0.2, 0) is 6.42 Å². The second kappa shape index (κ2) is 7.20. The van der Waals surface area contributed by atoms with Gasteiger partial charge in [0.15, 0.2) is 5.96 Å². The Hall–Kier alpha value is -1.17. The fourth-order valence-corrected chi connectivity index (χ4v) is 3.88. The van der Waals surface area contributed by atoms with E-state index in [9.17, 15) is 0 Å². The number of aliphatic imine (C=N–C) groups is 1. The highest BCUT2D eigenvalue weighted by molar-refractivity contribution is 8.00. The van der Waals surface area contributed by atoms with Crippen LogP contribution in [0.4, 0.5) is 0 Å². The minimum absolute atomic E-state index is 0.347. The monoisotopic (exact) mass is 310 g/mol. The predicted molar refractivity (Wildman–Crippen MR) is 89.1 cm³/mol. The van der Waals surface area contributed by atoms with Gasteiger partial charge in [0.25, 0.3) is 0 Å². The number of aryl methyl sites for hydroxylation is 2. The summed E-state index contributed by atoms with van der Waals surface area (Å²) >= 11 is 2.06. The zero-order chi connectivity index (χ0) is 15.3. The first-order valence-electron chi connectivity index (χ1n) is 7.54. The third-order valence-electron chi connectivity index (χ3n) is 4.00. The maximum Gasteiger partial charge on any atom is 0.191 e. The summed E-state index contributed by atoms with van der Waals surface area (Å²) in [5.74, 6) is 3.05. The standard InChI is InChI=1S/C15H26N4OS/c1-11-13(12(2)20-19-11)6-8-17-14(16-4)18-10-15(3)7-5-9-21-15/h5-10H2,1-4H3,(H2,16,17,18). The lowest BCUT2D eigenvalue weighted by Crippen LogP contribution is -2.44. The molecular formula is C15H26N4OS. The van der Waals surface area contributed by atoms with Crippen molar-refractivity contribution in [2.45, 2.75) is 44.8 Å². The molecule has 6 heteroatoms. The number of hydrogen-bond donors (Lipinski definition) is 2. The molecule has 1 aromatic rings. The Labute approximate surface area is 131 Å². The normalized spacial score (nSPS) is 22.6. The average molecular weight is 310 g/mol. The number of guanidine groups is 1. The molecule has 0 bridgehead atoms. The van der Waals surface area contributed by atoms with E-state index in [-0.39, 0.29) is 0 Å². The molecule has 0 spiro atoms. The van der Waals surface area contributed by atoms with Crippen LogP contribution in [0.2, 0.25) is 0 Å². The van der Waals surface area contributed by atoms with Gasteiger partial charge in [0.1, 0.15) is 5.76 Å². The first-order chi connectivity index (χ1) is 10.0. The summed E-state index contributed by atoms with van der Waals surface area (Å²) in [5.41, 5.74) is 2.17. The second-order valence-corrected chi connectivity index (χ2v) is 7.49. The molecule has 0 radical (unpaired) electrons. The van der Waals surface area contributed by atoms with E-state index < -0.39 is 0 Å². The molecule has 1 saturated heterocycles. The van der Waals surface area contributed by atoms with E-state index in [4.69, 9.17) is 4.52 Å². The number of nitrogens with one attached hydrogen (secondary N) is 2. The van der Waals surface area contributed by atoms with Crippen LogP contribution in [0.5, 0.6) is 0 Å². The number of nitrogens with zero attached hydrogens (tertiary/aromatic N) is 2. The van der Waals surface area contributed by atoms with Gasteiger partial charge in [0, 0.05) is 30.4 Å². The van der Waals surface area contributed by atoms with Crippen LogP contribution in [0, 0.1) is 13.8 Å². The Morgan fingerprint density at radius 3 is 2.81 bits per heavy atom. The molecule has 1 aliphatic heterocycles. The molecule has 0 aromatic carbocycles. The van der Waals surface area contributed by atoms with Crippen molar-refractivity contribution in [3.63, 3.8) is 0 Å². The number of hydrogen-bond acceptors (Lipinski definition) is 4. The van der Waals surface area contributed by atoms with Crippen LogP contribution >= 0.6 is 11.8 Å². The fourth-order valence-electron chi connectivity index (χ4n) is 2.63. The lowest BCUT2D eigenvalue weighted by atomic mass is 10.1. The summed E-state index contributed by atoms with van der Waals surface area (Å²) in [6.07, 6.45) is 3.50. The number of rotatable bonds is 5. The first kappa shape index (κ1) is 16.2. The molecule has 118 valence electrons. The maximum atomic E-state index is 5.18. The average Bonchev–Trinajstić information content (AvgIpc) is 3.03. The Balaban J connectivity index is 1.75. The van der Waals surface area contributed by atoms with Crippen molar-refractivity contribution in [3.8, 4) is 0 Å². The molecule has 21 heavy (non-hydrogen) atoms. The predicted octanol–water partition coefficient (Wildman–Crippen LogP) is 2.28. The van der Waals surface area contributed by atoms with Gasteiger partial charge >= 0.3 is 0 Å². The Bertz CT molecular complexity index is 472.